The second-order valence-corrected chi connectivity index (χ2v) is 5.53. The van der Waals surface area contributed by atoms with E-state index in [0.29, 0.717) is 17.7 Å². The molecule has 0 aromatic heterocycles. The summed E-state index contributed by atoms with van der Waals surface area (Å²) in [5.41, 5.74) is 0.522. The minimum absolute atomic E-state index is 0.204. The van der Waals surface area contributed by atoms with Crippen LogP contribution in [0.5, 0.6) is 0 Å². The van der Waals surface area contributed by atoms with Crippen molar-refractivity contribution in [3.8, 4) is 0 Å². The zero-order valence-corrected chi connectivity index (χ0v) is 11.3. The van der Waals surface area contributed by atoms with Crippen molar-refractivity contribution in [2.45, 2.75) is 17.7 Å². The van der Waals surface area contributed by atoms with Crippen molar-refractivity contribution in [1.82, 2.24) is 10.6 Å². The highest BCUT2D eigenvalue weighted by atomic mass is 32.2. The van der Waals surface area contributed by atoms with Crippen molar-refractivity contribution in [3.63, 3.8) is 0 Å². The van der Waals surface area contributed by atoms with Crippen molar-refractivity contribution in [2.24, 2.45) is 0 Å². The number of benzene rings is 1. The molecule has 0 spiro atoms. The average molecular weight is 282 g/mol. The Hall–Kier alpha value is -1.56. The van der Waals surface area contributed by atoms with Crippen LogP contribution in [0, 0.1) is 5.82 Å². The van der Waals surface area contributed by atoms with E-state index in [9.17, 15) is 14.0 Å². The Morgan fingerprint density at radius 2 is 2.26 bits per heavy atom. The fourth-order valence-electron chi connectivity index (χ4n) is 1.93. The van der Waals surface area contributed by atoms with Crippen molar-refractivity contribution in [1.29, 1.82) is 0 Å². The van der Waals surface area contributed by atoms with Crippen LogP contribution in [0.25, 0.3) is 0 Å². The lowest BCUT2D eigenvalue weighted by atomic mass is 10.1. The molecule has 1 aromatic rings. The first-order valence-corrected chi connectivity index (χ1v) is 7.03. The number of likely N-dealkylation sites (N-methyl/N-ethyl adjacent to an activating group) is 1. The van der Waals surface area contributed by atoms with E-state index < -0.39 is 6.04 Å². The number of amides is 2. The zero-order valence-electron chi connectivity index (χ0n) is 10.5. The van der Waals surface area contributed by atoms with E-state index in [1.165, 1.54) is 24.9 Å². The van der Waals surface area contributed by atoms with Crippen LogP contribution in [-0.4, -0.2) is 35.9 Å². The van der Waals surface area contributed by atoms with E-state index in [0.717, 1.165) is 0 Å². The van der Waals surface area contributed by atoms with Crippen LogP contribution in [0.2, 0.25) is 0 Å². The molecule has 1 aliphatic rings. The van der Waals surface area contributed by atoms with Crippen molar-refractivity contribution >= 4 is 23.6 Å². The predicted molar refractivity (Wildman–Crippen MR) is 72.3 cm³/mol. The Morgan fingerprint density at radius 3 is 2.89 bits per heavy atom. The first-order valence-electron chi connectivity index (χ1n) is 5.99. The Labute approximate surface area is 115 Å². The van der Waals surface area contributed by atoms with Gasteiger partial charge in [-0.1, -0.05) is 18.2 Å². The molecule has 1 aliphatic heterocycles. The summed E-state index contributed by atoms with van der Waals surface area (Å²) < 4.78 is 13.5. The first-order chi connectivity index (χ1) is 9.11. The smallest absolute Gasteiger partial charge is 0.243 e. The van der Waals surface area contributed by atoms with Gasteiger partial charge in [0.25, 0.3) is 0 Å². The number of thioether (sulfide) groups is 1. The Bertz CT molecular complexity index is 495. The van der Waals surface area contributed by atoms with Crippen LogP contribution in [0.4, 0.5) is 4.39 Å². The molecule has 1 heterocycles. The molecule has 19 heavy (non-hydrogen) atoms. The molecule has 4 nitrogen and oxygen atoms in total. The number of carbonyl (C=O) groups excluding carboxylic acids is 2. The number of nitrogens with one attached hydrogen (secondary N) is 2. The normalized spacial score (nSPS) is 22.7. The lowest BCUT2D eigenvalue weighted by molar-refractivity contribution is -0.128. The van der Waals surface area contributed by atoms with Crippen LogP contribution in [0.15, 0.2) is 24.3 Å². The fourth-order valence-corrected chi connectivity index (χ4v) is 3.10. The van der Waals surface area contributed by atoms with Gasteiger partial charge in [0, 0.05) is 12.8 Å². The van der Waals surface area contributed by atoms with Gasteiger partial charge < -0.3 is 10.6 Å². The molecule has 102 valence electrons. The molecule has 2 amide bonds. The van der Waals surface area contributed by atoms with Crippen LogP contribution < -0.4 is 10.6 Å². The highest BCUT2D eigenvalue weighted by Gasteiger charge is 2.32. The lowest BCUT2D eigenvalue weighted by Gasteiger charge is -2.27. The van der Waals surface area contributed by atoms with E-state index in [4.69, 9.17) is 0 Å². The summed E-state index contributed by atoms with van der Waals surface area (Å²) in [4.78, 5) is 23.3. The SMILES string of the molecule is CNC(=O)[C@@H]1CS[C@@H](Cc2ccccc2F)C(=O)N1. The van der Waals surface area contributed by atoms with Crippen LogP contribution in [0.3, 0.4) is 0 Å². The van der Waals surface area contributed by atoms with Gasteiger partial charge in [-0.15, -0.1) is 11.8 Å². The van der Waals surface area contributed by atoms with Gasteiger partial charge in [-0.2, -0.15) is 0 Å². The third-order valence-electron chi connectivity index (χ3n) is 3.00. The molecule has 0 aliphatic carbocycles. The van der Waals surface area contributed by atoms with E-state index in [1.54, 1.807) is 18.2 Å². The third-order valence-corrected chi connectivity index (χ3v) is 4.31. The Kier molecular flexibility index (Phi) is 4.42. The van der Waals surface area contributed by atoms with E-state index in [2.05, 4.69) is 10.6 Å². The van der Waals surface area contributed by atoms with Gasteiger partial charge in [0.05, 0.1) is 5.25 Å². The van der Waals surface area contributed by atoms with Crippen molar-refractivity contribution in [3.05, 3.63) is 35.6 Å². The highest BCUT2D eigenvalue weighted by Crippen LogP contribution is 2.23. The Balaban J connectivity index is 1.99. The number of carbonyl (C=O) groups is 2. The van der Waals surface area contributed by atoms with E-state index in [-0.39, 0.29) is 22.9 Å². The topological polar surface area (TPSA) is 58.2 Å². The van der Waals surface area contributed by atoms with Gasteiger partial charge in [-0.25, -0.2) is 4.39 Å². The molecule has 1 aromatic carbocycles. The second kappa shape index (κ2) is 6.06. The number of hydrogen-bond acceptors (Lipinski definition) is 3. The summed E-state index contributed by atoms with van der Waals surface area (Å²) in [6, 6.07) is 5.92. The highest BCUT2D eigenvalue weighted by molar-refractivity contribution is 8.00. The van der Waals surface area contributed by atoms with Crippen molar-refractivity contribution < 1.29 is 14.0 Å². The molecule has 2 N–H and O–H groups in total. The predicted octanol–water partition coefficient (Wildman–Crippen LogP) is 0.714. The average Bonchev–Trinajstić information content (AvgIpc) is 2.42. The third kappa shape index (κ3) is 3.26. The molecule has 0 saturated carbocycles. The van der Waals surface area contributed by atoms with Crippen molar-refractivity contribution in [2.75, 3.05) is 12.8 Å². The zero-order chi connectivity index (χ0) is 13.8. The van der Waals surface area contributed by atoms with Gasteiger partial charge in [-0.3, -0.25) is 9.59 Å². The summed E-state index contributed by atoms with van der Waals surface area (Å²) in [5.74, 6) is -0.215. The van der Waals surface area contributed by atoms with Gasteiger partial charge in [0.1, 0.15) is 11.9 Å². The second-order valence-electron chi connectivity index (χ2n) is 4.29. The molecule has 0 radical (unpaired) electrons. The molecule has 1 saturated heterocycles. The largest absolute Gasteiger partial charge is 0.357 e. The van der Waals surface area contributed by atoms with Gasteiger partial charge in [0.15, 0.2) is 0 Å². The van der Waals surface area contributed by atoms with E-state index >= 15 is 0 Å². The molecule has 2 rings (SSSR count). The minimum Gasteiger partial charge on any atom is -0.357 e. The molecule has 1 fully saturated rings. The maximum Gasteiger partial charge on any atom is 0.243 e. The van der Waals surface area contributed by atoms with Gasteiger partial charge in [-0.05, 0) is 18.1 Å². The van der Waals surface area contributed by atoms with Gasteiger partial charge >= 0.3 is 0 Å². The number of rotatable bonds is 3. The molecule has 0 bridgehead atoms. The maximum atomic E-state index is 13.5. The van der Waals surface area contributed by atoms with Crippen LogP contribution in [-0.2, 0) is 16.0 Å². The molecule has 6 heteroatoms. The number of hydrogen-bond donors (Lipinski definition) is 2. The minimum atomic E-state index is -0.501. The lowest BCUT2D eigenvalue weighted by Crippen LogP contribution is -2.53. The fraction of sp³-hybridized carbons (Fsp3) is 0.385. The number of halogens is 1. The monoisotopic (exact) mass is 282 g/mol. The maximum absolute atomic E-state index is 13.5. The van der Waals surface area contributed by atoms with Crippen LogP contribution in [0.1, 0.15) is 5.56 Å². The van der Waals surface area contributed by atoms with Crippen LogP contribution >= 0.6 is 11.8 Å². The standard InChI is InChI=1S/C13H15FN2O2S/c1-15-12(17)10-7-19-11(13(18)16-10)6-8-4-2-3-5-9(8)14/h2-5,10-11H,6-7H2,1H3,(H,15,17)(H,16,18)/t10-,11-/m0/s1. The summed E-state index contributed by atoms with van der Waals surface area (Å²) >= 11 is 1.39. The summed E-state index contributed by atoms with van der Waals surface area (Å²) in [5, 5.41) is 4.82. The van der Waals surface area contributed by atoms with E-state index in [1.807, 2.05) is 0 Å². The summed E-state index contributed by atoms with van der Waals surface area (Å²) in [7, 11) is 1.53. The summed E-state index contributed by atoms with van der Waals surface area (Å²) in [6.45, 7) is 0. The molecular weight excluding hydrogens is 267 g/mol. The molecular formula is C13H15FN2O2S. The quantitative estimate of drug-likeness (QED) is 0.858. The first kappa shape index (κ1) is 13.9. The molecule has 0 unspecified atom stereocenters. The Morgan fingerprint density at radius 1 is 1.53 bits per heavy atom. The van der Waals surface area contributed by atoms with Gasteiger partial charge in [0.2, 0.25) is 11.8 Å². The summed E-state index contributed by atoms with van der Waals surface area (Å²) in [6.07, 6.45) is 0.337. The molecule has 2 atom stereocenters.